The Morgan fingerprint density at radius 1 is 1.03 bits per heavy atom. The van der Waals surface area contributed by atoms with Gasteiger partial charge in [0, 0.05) is 12.5 Å². The van der Waals surface area contributed by atoms with E-state index in [2.05, 4.69) is 53.0 Å². The third-order valence-electron chi connectivity index (χ3n) is 8.11. The lowest BCUT2D eigenvalue weighted by molar-refractivity contribution is 0.00578. The summed E-state index contributed by atoms with van der Waals surface area (Å²) in [4.78, 5) is 0. The van der Waals surface area contributed by atoms with Gasteiger partial charge < -0.3 is 18.8 Å². The van der Waals surface area contributed by atoms with E-state index in [1.807, 2.05) is 27.7 Å². The summed E-state index contributed by atoms with van der Waals surface area (Å²) in [5.41, 5.74) is 4.57. The molecule has 0 aliphatic carbocycles. The quantitative estimate of drug-likeness (QED) is 0.231. The van der Waals surface area contributed by atoms with Crippen LogP contribution in [0.5, 0.6) is 5.75 Å². The van der Waals surface area contributed by atoms with Crippen LogP contribution in [0.1, 0.15) is 76.2 Å². The summed E-state index contributed by atoms with van der Waals surface area (Å²) in [7, 11) is -1.37. The van der Waals surface area contributed by atoms with Crippen molar-refractivity contribution < 1.29 is 24.5 Å². The molecule has 0 N–H and O–H groups in total. The molecule has 0 unspecified atom stereocenters. The maximum atomic E-state index is 15.7. The smallest absolute Gasteiger partial charge is 0.468 e. The van der Waals surface area contributed by atoms with E-state index in [4.69, 9.17) is 20.2 Å². The lowest BCUT2D eigenvalue weighted by Crippen LogP contribution is -2.43. The maximum absolute atomic E-state index is 15.7. The molecule has 2 aromatic rings. The van der Waals surface area contributed by atoms with Crippen LogP contribution in [0.2, 0.25) is 16.6 Å². The molecule has 0 amide bonds. The van der Waals surface area contributed by atoms with Crippen LogP contribution in [0.25, 0.3) is 10.8 Å². The molecule has 1 aliphatic rings. The standard InChI is InChI=1S/C29H42BFO4Si/c1-19(2)36(20(3)4,21(5)6)15-14-24-26(31)13-12-22-16-23(33-18-32-11)17-25(27(22)24)30-34-28(7,8)29(9,10)35-30/h12-13,16-17,19-21H,18H2,1-11H3/i12D. The minimum absolute atomic E-state index is 0.0425. The van der Waals surface area contributed by atoms with Crippen molar-refractivity contribution in [2.24, 2.45) is 0 Å². The third-order valence-corrected chi connectivity index (χ3v) is 14.4. The fourth-order valence-electron chi connectivity index (χ4n) is 5.45. The van der Waals surface area contributed by atoms with Gasteiger partial charge >= 0.3 is 7.12 Å². The Hall–Kier alpha value is -1.85. The van der Waals surface area contributed by atoms with Gasteiger partial charge in [-0.05, 0) is 73.4 Å². The Balaban J connectivity index is 2.38. The SMILES string of the molecule is [2H]c1cc(F)c(C#C[Si](C(C)C)(C(C)C)C(C)C)c2c(B3OC(C)(C)C(C)(C)O3)cc(OCOC)cc12. The van der Waals surface area contributed by atoms with E-state index in [1.165, 1.54) is 6.07 Å². The lowest BCUT2D eigenvalue weighted by atomic mass is 9.74. The molecule has 0 bridgehead atoms. The number of fused-ring (bicyclic) bond motifs is 1. The van der Waals surface area contributed by atoms with Crippen LogP contribution in [0.15, 0.2) is 24.2 Å². The average Bonchev–Trinajstić information content (AvgIpc) is 3.00. The first-order chi connectivity index (χ1) is 17.1. The van der Waals surface area contributed by atoms with Gasteiger partial charge in [0.05, 0.1) is 18.1 Å². The second-order valence-corrected chi connectivity index (χ2v) is 17.3. The molecule has 0 spiro atoms. The van der Waals surface area contributed by atoms with E-state index in [-0.39, 0.29) is 18.4 Å². The highest BCUT2D eigenvalue weighted by molar-refractivity contribution is 6.90. The second-order valence-electron chi connectivity index (χ2n) is 11.7. The summed E-state index contributed by atoms with van der Waals surface area (Å²) >= 11 is 0. The lowest BCUT2D eigenvalue weighted by Gasteiger charge is -2.38. The molecule has 0 saturated carbocycles. The number of ether oxygens (including phenoxy) is 2. The summed E-state index contributed by atoms with van der Waals surface area (Å²) in [6, 6.07) is 4.84. The Morgan fingerprint density at radius 2 is 1.58 bits per heavy atom. The van der Waals surface area contributed by atoms with E-state index < -0.39 is 32.2 Å². The number of halogens is 1. The highest BCUT2D eigenvalue weighted by Gasteiger charge is 2.52. The zero-order valence-electron chi connectivity index (χ0n) is 24.8. The van der Waals surface area contributed by atoms with Crippen molar-refractivity contribution in [3.05, 3.63) is 35.6 Å². The van der Waals surface area contributed by atoms with Crippen LogP contribution in [0, 0.1) is 17.3 Å². The van der Waals surface area contributed by atoms with Crippen LogP contribution in [-0.4, -0.2) is 40.3 Å². The maximum Gasteiger partial charge on any atom is 0.495 e. The summed E-state index contributed by atoms with van der Waals surface area (Å²) < 4.78 is 47.9. The van der Waals surface area contributed by atoms with Gasteiger partial charge in [-0.2, -0.15) is 0 Å². The summed E-state index contributed by atoms with van der Waals surface area (Å²) in [5, 5.41) is 1.08. The first-order valence-corrected chi connectivity index (χ1v) is 15.1. The molecule has 4 nitrogen and oxygen atoms in total. The van der Waals surface area contributed by atoms with Crippen molar-refractivity contribution in [1.82, 2.24) is 0 Å². The largest absolute Gasteiger partial charge is 0.495 e. The minimum atomic E-state index is -2.14. The van der Waals surface area contributed by atoms with Crippen LogP contribution in [-0.2, 0) is 14.0 Å². The first-order valence-electron chi connectivity index (χ1n) is 13.4. The van der Waals surface area contributed by atoms with E-state index in [9.17, 15) is 0 Å². The molecule has 0 atom stereocenters. The minimum Gasteiger partial charge on any atom is -0.468 e. The van der Waals surface area contributed by atoms with Crippen LogP contribution >= 0.6 is 0 Å². The van der Waals surface area contributed by atoms with Gasteiger partial charge in [0.15, 0.2) is 6.79 Å². The molecule has 36 heavy (non-hydrogen) atoms. The Labute approximate surface area is 219 Å². The van der Waals surface area contributed by atoms with Gasteiger partial charge in [-0.3, -0.25) is 0 Å². The molecule has 1 heterocycles. The molecule has 0 radical (unpaired) electrons. The van der Waals surface area contributed by atoms with Crippen molar-refractivity contribution >= 4 is 31.4 Å². The molecule has 0 aromatic heterocycles. The Morgan fingerprint density at radius 3 is 2.08 bits per heavy atom. The van der Waals surface area contributed by atoms with Gasteiger partial charge in [0.25, 0.3) is 0 Å². The molecule has 196 valence electrons. The van der Waals surface area contributed by atoms with E-state index in [0.717, 1.165) is 0 Å². The second kappa shape index (κ2) is 10.5. The third kappa shape index (κ3) is 5.11. The highest BCUT2D eigenvalue weighted by atomic mass is 28.3. The Bertz CT molecular complexity index is 1180. The normalized spacial score (nSPS) is 17.6. The molecular formula is C29H42BFO4Si. The first kappa shape index (κ1) is 27.2. The van der Waals surface area contributed by atoms with Crippen LogP contribution in [0.3, 0.4) is 0 Å². The fraction of sp³-hybridized carbons (Fsp3) is 0.586. The zero-order valence-corrected chi connectivity index (χ0v) is 24.8. The average molecular weight is 514 g/mol. The summed E-state index contributed by atoms with van der Waals surface area (Å²) in [5.74, 6) is 3.30. The van der Waals surface area contributed by atoms with E-state index >= 15 is 4.39 Å². The van der Waals surface area contributed by atoms with Crippen LogP contribution in [0.4, 0.5) is 4.39 Å². The van der Waals surface area contributed by atoms with E-state index in [1.54, 1.807) is 19.2 Å². The number of benzene rings is 2. The number of rotatable bonds is 7. The van der Waals surface area contributed by atoms with Crippen LogP contribution < -0.4 is 10.2 Å². The number of hydrogen-bond donors (Lipinski definition) is 0. The molecule has 1 aliphatic heterocycles. The van der Waals surface area contributed by atoms with Gasteiger partial charge in [0.1, 0.15) is 19.6 Å². The number of methoxy groups -OCH3 is 1. The number of hydrogen-bond acceptors (Lipinski definition) is 4. The Kier molecular flexibility index (Phi) is 7.93. The molecule has 1 saturated heterocycles. The van der Waals surface area contributed by atoms with Gasteiger partial charge in [0.2, 0.25) is 0 Å². The fourth-order valence-corrected chi connectivity index (χ4v) is 10.7. The van der Waals surface area contributed by atoms with Gasteiger partial charge in [-0.25, -0.2) is 4.39 Å². The van der Waals surface area contributed by atoms with Crippen molar-refractivity contribution in [3.8, 4) is 17.2 Å². The summed E-state index contributed by atoms with van der Waals surface area (Å²) in [6.45, 7) is 21.4. The predicted octanol–water partition coefficient (Wildman–Crippen LogP) is 6.83. The van der Waals surface area contributed by atoms with Crippen molar-refractivity contribution in [2.45, 2.75) is 97.1 Å². The van der Waals surface area contributed by atoms with Crippen molar-refractivity contribution in [3.63, 3.8) is 0 Å². The van der Waals surface area contributed by atoms with Gasteiger partial charge in [-0.15, -0.1) is 5.54 Å². The predicted molar refractivity (Wildman–Crippen MR) is 150 cm³/mol. The van der Waals surface area contributed by atoms with Gasteiger partial charge in [-0.1, -0.05) is 53.5 Å². The zero-order chi connectivity index (χ0) is 27.9. The molecule has 3 rings (SSSR count). The molecule has 1 fully saturated rings. The summed E-state index contributed by atoms with van der Waals surface area (Å²) in [6.07, 6.45) is 0. The molecule has 2 aromatic carbocycles. The highest BCUT2D eigenvalue weighted by Crippen LogP contribution is 2.41. The van der Waals surface area contributed by atoms with E-state index in [0.29, 0.717) is 38.6 Å². The van der Waals surface area contributed by atoms with Crippen molar-refractivity contribution in [1.29, 1.82) is 0 Å². The monoisotopic (exact) mass is 513 g/mol. The molecule has 7 heteroatoms. The molecular weight excluding hydrogens is 470 g/mol. The topological polar surface area (TPSA) is 36.9 Å². The van der Waals surface area contributed by atoms with Crippen molar-refractivity contribution in [2.75, 3.05) is 13.9 Å².